The van der Waals surface area contributed by atoms with Gasteiger partial charge < -0.3 is 0 Å². The van der Waals surface area contributed by atoms with E-state index in [4.69, 9.17) is 4.89 Å². The molecule has 0 aromatic carbocycles. The van der Waals surface area contributed by atoms with Crippen LogP contribution in [0.5, 0.6) is 0 Å². The summed E-state index contributed by atoms with van der Waals surface area (Å²) in [7, 11) is -2.80. The van der Waals surface area contributed by atoms with E-state index in [1.54, 1.807) is 0 Å². The third kappa shape index (κ3) is 5.14. The van der Waals surface area contributed by atoms with Gasteiger partial charge in [-0.3, -0.25) is 0 Å². The van der Waals surface area contributed by atoms with Gasteiger partial charge in [-0.1, -0.05) is 6.08 Å². The lowest BCUT2D eigenvalue weighted by atomic mass is 10.4. The molecular weight excluding hydrogens is 143 g/mol. The minimum Gasteiger partial charge on any atom is -0.246 e. The van der Waals surface area contributed by atoms with Gasteiger partial charge in [-0.2, -0.15) is 4.52 Å². The Morgan fingerprint density at radius 1 is 1.89 bits per heavy atom. The summed E-state index contributed by atoms with van der Waals surface area (Å²) in [4.78, 5) is 18.2. The summed E-state index contributed by atoms with van der Waals surface area (Å²) in [6.45, 7) is 3.23. The largest absolute Gasteiger partial charge is 0.750 e. The summed E-state index contributed by atoms with van der Waals surface area (Å²) in [6, 6.07) is 0. The minimum atomic E-state index is -2.80. The van der Waals surface area contributed by atoms with Gasteiger partial charge in [0.2, 0.25) is 0 Å². The van der Waals surface area contributed by atoms with Gasteiger partial charge in [0.05, 0.1) is 6.42 Å². The number of hydrogen-bond acceptors (Lipinski definition) is 3. The molecule has 1 N–H and O–H groups in total. The van der Waals surface area contributed by atoms with E-state index in [9.17, 15) is 9.36 Å². The van der Waals surface area contributed by atoms with Crippen LogP contribution in [0.4, 0.5) is 0 Å². The van der Waals surface area contributed by atoms with Crippen LogP contribution in [0.1, 0.15) is 6.42 Å². The zero-order valence-electron chi connectivity index (χ0n) is 4.61. The highest BCUT2D eigenvalue weighted by Crippen LogP contribution is 2.14. The molecule has 1 unspecified atom stereocenters. The molecule has 0 saturated heterocycles. The SMILES string of the molecule is C=CCC(=O)O[P+](=O)O. The second kappa shape index (κ2) is 4.18. The number of hydrogen-bond donors (Lipinski definition) is 1. The molecule has 0 fully saturated rings. The first-order valence-corrected chi connectivity index (χ1v) is 3.27. The standard InChI is InChI=1S/C4H5O4P/c1-2-3-4(5)8-9(6)7/h2H,1,3H2/p+1. The average Bonchev–Trinajstić information content (AvgIpc) is 1.63. The Morgan fingerprint density at radius 3 is 2.78 bits per heavy atom. The first-order chi connectivity index (χ1) is 4.16. The zero-order valence-corrected chi connectivity index (χ0v) is 5.51. The van der Waals surface area contributed by atoms with Gasteiger partial charge in [-0.05, 0) is 0 Å². The Labute approximate surface area is 53.1 Å². The molecule has 0 amide bonds. The van der Waals surface area contributed by atoms with Crippen LogP contribution in [0.25, 0.3) is 0 Å². The van der Waals surface area contributed by atoms with Crippen LogP contribution in [-0.2, 0) is 13.9 Å². The fourth-order valence-electron chi connectivity index (χ4n) is 0.242. The average molecular weight is 149 g/mol. The topological polar surface area (TPSA) is 63.6 Å². The van der Waals surface area contributed by atoms with Gasteiger partial charge in [0, 0.05) is 4.57 Å². The fraction of sp³-hybridized carbons (Fsp3) is 0.250. The summed E-state index contributed by atoms with van der Waals surface area (Å²) in [5.41, 5.74) is 0. The maximum absolute atomic E-state index is 10.2. The lowest BCUT2D eigenvalue weighted by Crippen LogP contribution is -1.94. The van der Waals surface area contributed by atoms with Crippen molar-refractivity contribution < 1.29 is 18.8 Å². The molecule has 0 aliphatic rings. The van der Waals surface area contributed by atoms with E-state index in [0.29, 0.717) is 0 Å². The van der Waals surface area contributed by atoms with Crippen LogP contribution in [0.15, 0.2) is 12.7 Å². The molecule has 0 bridgehead atoms. The van der Waals surface area contributed by atoms with Crippen molar-refractivity contribution in [3.05, 3.63) is 12.7 Å². The molecule has 9 heavy (non-hydrogen) atoms. The Bertz CT molecular complexity index is 142. The first-order valence-electron chi connectivity index (χ1n) is 2.14. The van der Waals surface area contributed by atoms with Crippen molar-refractivity contribution in [3.8, 4) is 0 Å². The van der Waals surface area contributed by atoms with Crippen molar-refractivity contribution in [1.29, 1.82) is 0 Å². The van der Waals surface area contributed by atoms with Crippen molar-refractivity contribution in [2.45, 2.75) is 6.42 Å². The molecule has 0 radical (unpaired) electrons. The van der Waals surface area contributed by atoms with Gasteiger partial charge in [-0.15, -0.1) is 11.5 Å². The molecule has 1 atom stereocenters. The highest BCUT2D eigenvalue weighted by Gasteiger charge is 2.17. The predicted molar refractivity (Wildman–Crippen MR) is 30.7 cm³/mol. The molecule has 5 heteroatoms. The molecule has 0 heterocycles. The molecule has 0 saturated carbocycles. The Morgan fingerprint density at radius 2 is 2.44 bits per heavy atom. The minimum absolute atomic E-state index is 0.0400. The lowest BCUT2D eigenvalue weighted by Gasteiger charge is -1.80. The van der Waals surface area contributed by atoms with Crippen molar-refractivity contribution in [2.75, 3.05) is 0 Å². The van der Waals surface area contributed by atoms with E-state index in [1.165, 1.54) is 6.08 Å². The lowest BCUT2D eigenvalue weighted by molar-refractivity contribution is -0.133. The summed E-state index contributed by atoms with van der Waals surface area (Å²) >= 11 is 0. The molecule has 0 aliphatic heterocycles. The van der Waals surface area contributed by atoms with E-state index >= 15 is 0 Å². The summed E-state index contributed by atoms with van der Waals surface area (Å²) in [5, 5.41) is 0. The third-order valence-electron chi connectivity index (χ3n) is 0.491. The van der Waals surface area contributed by atoms with Crippen molar-refractivity contribution >= 4 is 14.2 Å². The van der Waals surface area contributed by atoms with Crippen molar-refractivity contribution in [3.63, 3.8) is 0 Å². The van der Waals surface area contributed by atoms with Gasteiger partial charge >= 0.3 is 14.2 Å². The maximum Gasteiger partial charge on any atom is 0.750 e. The smallest absolute Gasteiger partial charge is 0.246 e. The van der Waals surface area contributed by atoms with E-state index in [-0.39, 0.29) is 6.42 Å². The van der Waals surface area contributed by atoms with Crippen LogP contribution in [0.3, 0.4) is 0 Å². The molecule has 0 aromatic heterocycles. The first kappa shape index (κ1) is 8.27. The van der Waals surface area contributed by atoms with E-state index in [0.717, 1.165) is 0 Å². The zero-order chi connectivity index (χ0) is 7.28. The molecular formula is C4H6O4P+. The van der Waals surface area contributed by atoms with E-state index in [1.807, 2.05) is 0 Å². The van der Waals surface area contributed by atoms with Crippen LogP contribution in [-0.4, -0.2) is 10.9 Å². The predicted octanol–water partition coefficient (Wildman–Crippen LogP) is 0.755. The normalized spacial score (nSPS) is 10.1. The highest BCUT2D eigenvalue weighted by molar-refractivity contribution is 7.32. The summed E-state index contributed by atoms with van der Waals surface area (Å²) in [5.74, 6) is -0.742. The van der Waals surface area contributed by atoms with Gasteiger partial charge in [-0.25, -0.2) is 4.79 Å². The van der Waals surface area contributed by atoms with Crippen LogP contribution in [0.2, 0.25) is 0 Å². The van der Waals surface area contributed by atoms with Crippen LogP contribution >= 0.6 is 8.25 Å². The Hall–Kier alpha value is -0.730. The third-order valence-corrected chi connectivity index (χ3v) is 0.851. The van der Waals surface area contributed by atoms with Crippen LogP contribution < -0.4 is 0 Å². The van der Waals surface area contributed by atoms with E-state index < -0.39 is 14.2 Å². The second-order valence-electron chi connectivity index (χ2n) is 1.19. The summed E-state index contributed by atoms with van der Waals surface area (Å²) < 4.78 is 13.6. The second-order valence-corrected chi connectivity index (χ2v) is 1.85. The Balaban J connectivity index is 3.50. The number of rotatable bonds is 3. The summed E-state index contributed by atoms with van der Waals surface area (Å²) in [6.07, 6.45) is 1.25. The maximum atomic E-state index is 10.2. The molecule has 0 rings (SSSR count). The highest BCUT2D eigenvalue weighted by atomic mass is 31.1. The Kier molecular flexibility index (Phi) is 3.84. The van der Waals surface area contributed by atoms with Crippen molar-refractivity contribution in [1.82, 2.24) is 0 Å². The molecule has 4 nitrogen and oxygen atoms in total. The van der Waals surface area contributed by atoms with E-state index in [2.05, 4.69) is 11.1 Å². The van der Waals surface area contributed by atoms with Gasteiger partial charge in [0.1, 0.15) is 0 Å². The molecule has 0 spiro atoms. The fourth-order valence-corrected chi connectivity index (χ4v) is 0.491. The van der Waals surface area contributed by atoms with Gasteiger partial charge in [0.15, 0.2) is 0 Å². The van der Waals surface area contributed by atoms with Gasteiger partial charge in [0.25, 0.3) is 0 Å². The molecule has 0 aromatic rings. The molecule has 50 valence electrons. The number of carbonyl (C=O) groups excluding carboxylic acids is 1. The quantitative estimate of drug-likeness (QED) is 0.475. The van der Waals surface area contributed by atoms with Crippen molar-refractivity contribution in [2.24, 2.45) is 0 Å². The number of carbonyl (C=O) groups is 1. The van der Waals surface area contributed by atoms with Crippen LogP contribution in [0, 0.1) is 0 Å². The monoisotopic (exact) mass is 149 g/mol. The molecule has 0 aliphatic carbocycles.